The molecule has 0 aliphatic rings. The Hall–Kier alpha value is -2.06. The fourth-order valence-corrected chi connectivity index (χ4v) is 3.07. The van der Waals surface area contributed by atoms with E-state index in [9.17, 15) is 13.2 Å². The van der Waals surface area contributed by atoms with Crippen LogP contribution in [0.15, 0.2) is 36.5 Å². The van der Waals surface area contributed by atoms with Gasteiger partial charge in [-0.25, -0.2) is 9.67 Å². The summed E-state index contributed by atoms with van der Waals surface area (Å²) in [5.41, 5.74) is 0.921. The lowest BCUT2D eigenvalue weighted by Gasteiger charge is -2.08. The highest BCUT2D eigenvalue weighted by atomic mass is 35.5. The summed E-state index contributed by atoms with van der Waals surface area (Å²) in [4.78, 5) is 4.94. The van der Waals surface area contributed by atoms with Gasteiger partial charge in [0, 0.05) is 22.5 Å². The van der Waals surface area contributed by atoms with Crippen LogP contribution in [-0.2, 0) is 12.7 Å². The second-order valence-corrected chi connectivity index (χ2v) is 6.76. The summed E-state index contributed by atoms with van der Waals surface area (Å²) in [6.07, 6.45) is -2.76. The van der Waals surface area contributed by atoms with Crippen LogP contribution in [0, 0.1) is 6.92 Å². The number of alkyl halides is 3. The highest BCUT2D eigenvalue weighted by Crippen LogP contribution is 2.29. The number of benzene rings is 1. The maximum atomic E-state index is 12.7. The first-order valence-electron chi connectivity index (χ1n) is 6.91. The molecule has 9 heteroatoms. The van der Waals surface area contributed by atoms with Crippen molar-refractivity contribution >= 4 is 28.6 Å². The number of hydrogen-bond donors (Lipinski definition) is 1. The van der Waals surface area contributed by atoms with Crippen LogP contribution < -0.4 is 5.32 Å². The number of halogens is 4. The van der Waals surface area contributed by atoms with Crippen LogP contribution in [-0.4, -0.2) is 14.8 Å². The number of thiazole rings is 1. The average molecular weight is 373 g/mol. The van der Waals surface area contributed by atoms with Crippen molar-refractivity contribution in [2.75, 3.05) is 5.32 Å². The molecular formula is C15H12ClF3N4S. The fraction of sp³-hybridized carbons (Fsp3) is 0.200. The Bertz CT molecular complexity index is 839. The Morgan fingerprint density at radius 3 is 2.50 bits per heavy atom. The van der Waals surface area contributed by atoms with Crippen molar-refractivity contribution in [3.63, 3.8) is 0 Å². The Kier molecular flexibility index (Phi) is 4.51. The third kappa shape index (κ3) is 3.70. The second-order valence-electron chi connectivity index (χ2n) is 5.06. The van der Waals surface area contributed by atoms with Crippen LogP contribution >= 0.6 is 22.9 Å². The zero-order chi connectivity index (χ0) is 17.3. The molecule has 1 N–H and O–H groups in total. The van der Waals surface area contributed by atoms with Gasteiger partial charge in [0.15, 0.2) is 10.2 Å². The first-order valence-corrected chi connectivity index (χ1v) is 8.11. The summed E-state index contributed by atoms with van der Waals surface area (Å²) >= 11 is 7.15. The van der Waals surface area contributed by atoms with Crippen molar-refractivity contribution in [1.29, 1.82) is 0 Å². The van der Waals surface area contributed by atoms with Crippen LogP contribution in [0.1, 0.15) is 16.3 Å². The molecule has 3 aromatic rings. The van der Waals surface area contributed by atoms with Crippen LogP contribution in [0.25, 0.3) is 5.69 Å². The quantitative estimate of drug-likeness (QED) is 0.706. The van der Waals surface area contributed by atoms with Gasteiger partial charge in [0.2, 0.25) is 0 Å². The Labute approximate surface area is 144 Å². The number of nitrogens with zero attached hydrogens (tertiary/aromatic N) is 3. The van der Waals surface area contributed by atoms with E-state index in [-0.39, 0.29) is 0 Å². The molecule has 24 heavy (non-hydrogen) atoms. The summed E-state index contributed by atoms with van der Waals surface area (Å²) in [6.45, 7) is 2.16. The molecule has 0 saturated carbocycles. The number of nitrogens with one attached hydrogen (secondary N) is 1. The monoisotopic (exact) mass is 372 g/mol. The summed E-state index contributed by atoms with van der Waals surface area (Å²) in [6, 6.07) is 8.02. The molecule has 0 radical (unpaired) electrons. The van der Waals surface area contributed by atoms with Crippen molar-refractivity contribution < 1.29 is 13.2 Å². The highest BCUT2D eigenvalue weighted by molar-refractivity contribution is 7.15. The molecule has 0 amide bonds. The predicted molar refractivity (Wildman–Crippen MR) is 87.8 cm³/mol. The van der Waals surface area contributed by atoms with Crippen LogP contribution in [0.3, 0.4) is 0 Å². The van der Waals surface area contributed by atoms with E-state index in [1.54, 1.807) is 37.4 Å². The molecule has 0 bridgehead atoms. The van der Waals surface area contributed by atoms with Crippen molar-refractivity contribution in [2.24, 2.45) is 0 Å². The molecule has 0 aliphatic carbocycles. The van der Waals surface area contributed by atoms with Gasteiger partial charge in [-0.05, 0) is 37.3 Å². The molecule has 2 aromatic heterocycles. The molecule has 0 spiro atoms. The fourth-order valence-electron chi connectivity index (χ4n) is 2.15. The smallest absolute Gasteiger partial charge is 0.380 e. The van der Waals surface area contributed by atoms with Gasteiger partial charge in [-0.15, -0.1) is 11.3 Å². The topological polar surface area (TPSA) is 42.7 Å². The normalized spacial score (nSPS) is 11.7. The summed E-state index contributed by atoms with van der Waals surface area (Å²) in [7, 11) is 0. The van der Waals surface area contributed by atoms with E-state index in [0.717, 1.165) is 16.6 Å². The minimum Gasteiger partial charge on any atom is -0.380 e. The highest BCUT2D eigenvalue weighted by Gasteiger charge is 2.34. The summed E-state index contributed by atoms with van der Waals surface area (Å²) in [5.74, 6) is 0. The van der Waals surface area contributed by atoms with Crippen LogP contribution in [0.2, 0.25) is 4.47 Å². The standard InChI is InChI=1S/C15H12ClF3N4S/c1-9-6-13(15(17,18)19)22-23(9)11-4-2-10(3-5-11)20-7-12-8-21-14(16)24-12/h2-6,8,20H,7H2,1H3. The minimum atomic E-state index is -4.45. The number of anilines is 1. The van der Waals surface area contributed by atoms with E-state index in [2.05, 4.69) is 15.4 Å². The maximum absolute atomic E-state index is 12.7. The van der Waals surface area contributed by atoms with E-state index >= 15 is 0 Å². The summed E-state index contributed by atoms with van der Waals surface area (Å²) in [5, 5.41) is 6.83. The van der Waals surface area contributed by atoms with Crippen LogP contribution in [0.5, 0.6) is 0 Å². The zero-order valence-electron chi connectivity index (χ0n) is 12.4. The molecule has 2 heterocycles. The first-order chi connectivity index (χ1) is 11.3. The first kappa shape index (κ1) is 16.8. The Balaban J connectivity index is 1.73. The van der Waals surface area contributed by atoms with Gasteiger partial charge in [0.1, 0.15) is 0 Å². The molecule has 0 fully saturated rings. The predicted octanol–water partition coefficient (Wildman–Crippen LogP) is 4.92. The zero-order valence-corrected chi connectivity index (χ0v) is 14.0. The third-order valence-corrected chi connectivity index (χ3v) is 4.40. The Morgan fingerprint density at radius 2 is 1.96 bits per heavy atom. The lowest BCUT2D eigenvalue weighted by atomic mass is 10.2. The number of rotatable bonds is 4. The molecule has 0 unspecified atom stereocenters. The van der Waals surface area contributed by atoms with Gasteiger partial charge in [0.05, 0.1) is 12.2 Å². The van der Waals surface area contributed by atoms with Gasteiger partial charge < -0.3 is 5.32 Å². The molecule has 4 nitrogen and oxygen atoms in total. The third-order valence-electron chi connectivity index (χ3n) is 3.28. The Morgan fingerprint density at radius 1 is 1.25 bits per heavy atom. The molecule has 126 valence electrons. The molecular weight excluding hydrogens is 361 g/mol. The van der Waals surface area contributed by atoms with E-state index in [0.29, 0.717) is 22.4 Å². The number of aromatic nitrogens is 3. The van der Waals surface area contributed by atoms with Gasteiger partial charge >= 0.3 is 6.18 Å². The van der Waals surface area contributed by atoms with E-state index in [4.69, 9.17) is 11.6 Å². The van der Waals surface area contributed by atoms with Gasteiger partial charge in [0.25, 0.3) is 0 Å². The van der Waals surface area contributed by atoms with Gasteiger partial charge in [-0.3, -0.25) is 0 Å². The van der Waals surface area contributed by atoms with Gasteiger partial charge in [-0.2, -0.15) is 18.3 Å². The van der Waals surface area contributed by atoms with Crippen molar-refractivity contribution in [1.82, 2.24) is 14.8 Å². The van der Waals surface area contributed by atoms with E-state index < -0.39 is 11.9 Å². The lowest BCUT2D eigenvalue weighted by molar-refractivity contribution is -0.141. The second kappa shape index (κ2) is 6.45. The molecule has 0 atom stereocenters. The largest absolute Gasteiger partial charge is 0.435 e. The molecule has 0 aliphatic heterocycles. The van der Waals surface area contributed by atoms with Crippen LogP contribution in [0.4, 0.5) is 18.9 Å². The van der Waals surface area contributed by atoms with E-state index in [1.165, 1.54) is 16.0 Å². The van der Waals surface area contributed by atoms with E-state index in [1.807, 2.05) is 0 Å². The summed E-state index contributed by atoms with van der Waals surface area (Å²) < 4.78 is 39.9. The van der Waals surface area contributed by atoms with Crippen molar-refractivity contribution in [3.8, 4) is 5.69 Å². The van der Waals surface area contributed by atoms with Gasteiger partial charge in [-0.1, -0.05) is 11.6 Å². The molecule has 0 saturated heterocycles. The number of hydrogen-bond acceptors (Lipinski definition) is 4. The SMILES string of the molecule is Cc1cc(C(F)(F)F)nn1-c1ccc(NCc2cnc(Cl)s2)cc1. The molecule has 3 rings (SSSR count). The van der Waals surface area contributed by atoms with Crippen molar-refractivity contribution in [3.05, 3.63) is 57.3 Å². The maximum Gasteiger partial charge on any atom is 0.435 e. The average Bonchev–Trinajstić information content (AvgIpc) is 3.11. The number of aryl methyl sites for hydroxylation is 1. The minimum absolute atomic E-state index is 0.419. The van der Waals surface area contributed by atoms with Crippen molar-refractivity contribution in [2.45, 2.75) is 19.6 Å². The lowest BCUT2D eigenvalue weighted by Crippen LogP contribution is -2.07. The molecule has 1 aromatic carbocycles.